The minimum atomic E-state index is -0.963. The molecule has 6 heteroatoms. The molecule has 0 saturated carbocycles. The Labute approximate surface area is 147 Å². The maximum atomic E-state index is 11.4. The zero-order chi connectivity index (χ0) is 18.6. The van der Waals surface area contributed by atoms with Gasteiger partial charge in [0.1, 0.15) is 18.1 Å². The second-order valence-electron chi connectivity index (χ2n) is 6.84. The van der Waals surface area contributed by atoms with Gasteiger partial charge in [-0.1, -0.05) is 26.8 Å². The lowest BCUT2D eigenvalue weighted by Gasteiger charge is -2.24. The second-order valence-corrected chi connectivity index (χ2v) is 6.84. The first-order chi connectivity index (χ1) is 11.7. The summed E-state index contributed by atoms with van der Waals surface area (Å²) in [6, 6.07) is 11.4. The monoisotopic (exact) mass is 344 g/mol. The first-order valence-corrected chi connectivity index (χ1v) is 7.97. The van der Waals surface area contributed by atoms with Crippen molar-refractivity contribution in [1.82, 2.24) is 0 Å². The van der Waals surface area contributed by atoms with Crippen LogP contribution in [0, 0.1) is 0 Å². The van der Waals surface area contributed by atoms with Gasteiger partial charge in [0.25, 0.3) is 0 Å². The van der Waals surface area contributed by atoms with Crippen LogP contribution < -0.4 is 15.8 Å². The van der Waals surface area contributed by atoms with Crippen molar-refractivity contribution in [2.24, 2.45) is 5.73 Å². The zero-order valence-electron chi connectivity index (χ0n) is 14.6. The summed E-state index contributed by atoms with van der Waals surface area (Å²) in [7, 11) is 0. The molecule has 1 amide bonds. The first kappa shape index (κ1) is 18.6. The molecule has 6 nitrogen and oxygen atoms in total. The van der Waals surface area contributed by atoms with Crippen molar-refractivity contribution in [3.8, 4) is 11.5 Å². The number of nitrogens with one attached hydrogen (secondary N) is 1. The van der Waals surface area contributed by atoms with Crippen molar-refractivity contribution in [3.05, 3.63) is 53.6 Å². The SMILES string of the molecule is CC(C)(C)c1ccc(C(N)=O)cc1OCC(O)Nc1ccc(O)cc1. The van der Waals surface area contributed by atoms with Crippen molar-refractivity contribution in [2.75, 3.05) is 11.9 Å². The number of benzene rings is 2. The number of hydrogen-bond donors (Lipinski definition) is 4. The van der Waals surface area contributed by atoms with Gasteiger partial charge in [0, 0.05) is 11.3 Å². The Balaban J connectivity index is 2.11. The smallest absolute Gasteiger partial charge is 0.248 e. The number of aliphatic hydroxyl groups excluding tert-OH is 1. The lowest BCUT2D eigenvalue weighted by Crippen LogP contribution is -2.27. The molecule has 0 aliphatic carbocycles. The maximum absolute atomic E-state index is 11.4. The second kappa shape index (κ2) is 7.44. The predicted molar refractivity (Wildman–Crippen MR) is 96.9 cm³/mol. The summed E-state index contributed by atoms with van der Waals surface area (Å²) >= 11 is 0. The molecule has 0 aliphatic rings. The molecule has 134 valence electrons. The van der Waals surface area contributed by atoms with Gasteiger partial charge in [-0.3, -0.25) is 4.79 Å². The molecule has 2 rings (SSSR count). The number of rotatable bonds is 6. The molecule has 0 radical (unpaired) electrons. The molecule has 0 heterocycles. The van der Waals surface area contributed by atoms with Crippen LogP contribution in [-0.2, 0) is 5.41 Å². The Morgan fingerprint density at radius 1 is 1.20 bits per heavy atom. The molecule has 0 aromatic heterocycles. The highest BCUT2D eigenvalue weighted by Crippen LogP contribution is 2.32. The molecular weight excluding hydrogens is 320 g/mol. The quantitative estimate of drug-likeness (QED) is 0.476. The Bertz CT molecular complexity index is 736. The number of ether oxygens (including phenoxy) is 1. The van der Waals surface area contributed by atoms with Gasteiger partial charge >= 0.3 is 0 Å². The molecule has 1 atom stereocenters. The van der Waals surface area contributed by atoms with Crippen molar-refractivity contribution < 1.29 is 19.7 Å². The van der Waals surface area contributed by atoms with E-state index in [0.29, 0.717) is 17.0 Å². The van der Waals surface area contributed by atoms with Crippen LogP contribution in [0.1, 0.15) is 36.7 Å². The molecule has 0 fully saturated rings. The van der Waals surface area contributed by atoms with Crippen LogP contribution in [0.15, 0.2) is 42.5 Å². The van der Waals surface area contributed by atoms with E-state index in [9.17, 15) is 15.0 Å². The molecule has 0 saturated heterocycles. The molecule has 1 unspecified atom stereocenters. The number of primary amides is 1. The zero-order valence-corrected chi connectivity index (χ0v) is 14.6. The van der Waals surface area contributed by atoms with Gasteiger partial charge in [-0.25, -0.2) is 0 Å². The van der Waals surface area contributed by atoms with Crippen LogP contribution in [0.2, 0.25) is 0 Å². The number of nitrogens with two attached hydrogens (primary N) is 1. The number of anilines is 1. The molecule has 0 aliphatic heterocycles. The summed E-state index contributed by atoms with van der Waals surface area (Å²) in [4.78, 5) is 11.4. The van der Waals surface area contributed by atoms with Gasteiger partial charge in [-0.2, -0.15) is 0 Å². The molecule has 0 spiro atoms. The third kappa shape index (κ3) is 5.12. The third-order valence-corrected chi connectivity index (χ3v) is 3.67. The highest BCUT2D eigenvalue weighted by molar-refractivity contribution is 5.93. The van der Waals surface area contributed by atoms with Crippen LogP contribution in [0.4, 0.5) is 5.69 Å². The number of phenols is 1. The van der Waals surface area contributed by atoms with Crippen molar-refractivity contribution in [2.45, 2.75) is 32.4 Å². The highest BCUT2D eigenvalue weighted by atomic mass is 16.5. The van der Waals surface area contributed by atoms with Gasteiger partial charge in [0.2, 0.25) is 5.91 Å². The number of carbonyl (C=O) groups excluding carboxylic acids is 1. The van der Waals surface area contributed by atoms with E-state index in [1.807, 2.05) is 26.8 Å². The molecule has 25 heavy (non-hydrogen) atoms. The topological polar surface area (TPSA) is 105 Å². The number of aromatic hydroxyl groups is 1. The number of amides is 1. The van der Waals surface area contributed by atoms with Crippen molar-refractivity contribution in [1.29, 1.82) is 0 Å². The van der Waals surface area contributed by atoms with Crippen molar-refractivity contribution >= 4 is 11.6 Å². The Morgan fingerprint density at radius 3 is 2.40 bits per heavy atom. The average molecular weight is 344 g/mol. The van der Waals surface area contributed by atoms with E-state index in [1.165, 1.54) is 12.1 Å². The summed E-state index contributed by atoms with van der Waals surface area (Å²) in [5.41, 5.74) is 7.05. The fourth-order valence-electron chi connectivity index (χ4n) is 2.38. The van der Waals surface area contributed by atoms with E-state index in [4.69, 9.17) is 10.5 Å². The fourth-order valence-corrected chi connectivity index (χ4v) is 2.38. The third-order valence-electron chi connectivity index (χ3n) is 3.67. The number of carbonyl (C=O) groups is 1. The van der Waals surface area contributed by atoms with Crippen LogP contribution in [0.3, 0.4) is 0 Å². The van der Waals surface area contributed by atoms with E-state index in [0.717, 1.165) is 5.56 Å². The van der Waals surface area contributed by atoms with Gasteiger partial charge in [-0.05, 0) is 47.4 Å². The fraction of sp³-hybridized carbons (Fsp3) is 0.316. The average Bonchev–Trinajstić information content (AvgIpc) is 2.54. The van der Waals surface area contributed by atoms with Gasteiger partial charge in [-0.15, -0.1) is 0 Å². The summed E-state index contributed by atoms with van der Waals surface area (Å²) in [6.07, 6.45) is -0.963. The normalized spacial score (nSPS) is 12.5. The van der Waals surface area contributed by atoms with Crippen molar-refractivity contribution in [3.63, 3.8) is 0 Å². The first-order valence-electron chi connectivity index (χ1n) is 7.97. The number of aliphatic hydroxyl groups is 1. The van der Waals surface area contributed by atoms with E-state index in [2.05, 4.69) is 5.32 Å². The summed E-state index contributed by atoms with van der Waals surface area (Å²) in [5, 5.41) is 22.2. The predicted octanol–water partition coefficient (Wildman–Crippen LogP) is 2.60. The minimum Gasteiger partial charge on any atom is -0.508 e. The molecule has 0 bridgehead atoms. The highest BCUT2D eigenvalue weighted by Gasteiger charge is 2.21. The van der Waals surface area contributed by atoms with E-state index in [-0.39, 0.29) is 17.8 Å². The Hall–Kier alpha value is -2.73. The molecule has 2 aromatic carbocycles. The Morgan fingerprint density at radius 2 is 1.84 bits per heavy atom. The molecule has 5 N–H and O–H groups in total. The maximum Gasteiger partial charge on any atom is 0.248 e. The van der Waals surface area contributed by atoms with Crippen LogP contribution >= 0.6 is 0 Å². The molecular formula is C19H24N2O4. The lowest BCUT2D eigenvalue weighted by atomic mass is 9.85. The van der Waals surface area contributed by atoms with Crippen LogP contribution in [0.25, 0.3) is 0 Å². The van der Waals surface area contributed by atoms with E-state index >= 15 is 0 Å². The van der Waals surface area contributed by atoms with Crippen LogP contribution in [0.5, 0.6) is 11.5 Å². The number of hydrogen-bond acceptors (Lipinski definition) is 5. The molecule has 2 aromatic rings. The lowest BCUT2D eigenvalue weighted by molar-refractivity contribution is 0.0999. The van der Waals surface area contributed by atoms with Crippen LogP contribution in [-0.4, -0.2) is 29.0 Å². The number of phenolic OH excluding ortho intramolecular Hbond substituents is 1. The summed E-state index contributed by atoms with van der Waals surface area (Å²) in [6.45, 7) is 6.07. The largest absolute Gasteiger partial charge is 0.508 e. The summed E-state index contributed by atoms with van der Waals surface area (Å²) < 4.78 is 5.74. The Kier molecular flexibility index (Phi) is 5.54. The standard InChI is InChI=1S/C19H24N2O4/c1-19(2,3)15-9-4-12(18(20)24)10-16(15)25-11-17(23)21-13-5-7-14(22)8-6-13/h4-10,17,21-23H,11H2,1-3H3,(H2,20,24). The van der Waals surface area contributed by atoms with Gasteiger partial charge in [0.15, 0.2) is 6.23 Å². The van der Waals surface area contributed by atoms with Gasteiger partial charge < -0.3 is 26.0 Å². The summed E-state index contributed by atoms with van der Waals surface area (Å²) in [5.74, 6) is 0.123. The van der Waals surface area contributed by atoms with Gasteiger partial charge in [0.05, 0.1) is 0 Å². The minimum absolute atomic E-state index is 0.0217. The van der Waals surface area contributed by atoms with E-state index in [1.54, 1.807) is 24.3 Å². The van der Waals surface area contributed by atoms with E-state index < -0.39 is 12.1 Å².